The van der Waals surface area contributed by atoms with Gasteiger partial charge in [-0.2, -0.15) is 0 Å². The van der Waals surface area contributed by atoms with Gasteiger partial charge in [0.25, 0.3) is 0 Å². The Hall–Kier alpha value is -2.20. The maximum Gasteiger partial charge on any atom is 0.223 e. The highest BCUT2D eigenvalue weighted by Gasteiger charge is 2.21. The van der Waals surface area contributed by atoms with E-state index in [1.54, 1.807) is 12.4 Å². The Balaban J connectivity index is 2.04. The van der Waals surface area contributed by atoms with Gasteiger partial charge in [0.2, 0.25) is 5.91 Å². The zero-order chi connectivity index (χ0) is 16.7. The second kappa shape index (κ2) is 8.44. The molecule has 0 aliphatic heterocycles. The number of likely N-dealkylation sites (N-methyl/N-ethyl adjacent to an activating group) is 2. The number of benzene rings is 1. The first-order chi connectivity index (χ1) is 11.1. The molecule has 0 radical (unpaired) electrons. The summed E-state index contributed by atoms with van der Waals surface area (Å²) in [6, 6.07) is 14.2. The average Bonchev–Trinajstić information content (AvgIpc) is 2.58. The third-order valence-electron chi connectivity index (χ3n) is 3.96. The zero-order valence-electron chi connectivity index (χ0n) is 14.1. The standard InChI is InChI=1S/C19H25N3O/c1-21(2)15-18(17-7-5-4-6-8-17)22(3)19(23)10-9-16-11-13-20-14-12-16/h4-8,11-14,18H,9-10,15H2,1-3H3. The SMILES string of the molecule is CN(C)CC(c1ccccc1)N(C)C(=O)CCc1ccncc1. The summed E-state index contributed by atoms with van der Waals surface area (Å²) >= 11 is 0. The molecule has 1 aromatic carbocycles. The Kier molecular flexibility index (Phi) is 6.29. The van der Waals surface area contributed by atoms with Crippen molar-refractivity contribution in [1.82, 2.24) is 14.8 Å². The van der Waals surface area contributed by atoms with Crippen LogP contribution < -0.4 is 0 Å². The predicted octanol–water partition coefficient (Wildman–Crippen LogP) is 2.78. The van der Waals surface area contributed by atoms with E-state index in [9.17, 15) is 4.79 Å². The predicted molar refractivity (Wildman–Crippen MR) is 93.1 cm³/mol. The fraction of sp³-hybridized carbons (Fsp3) is 0.368. The third-order valence-corrected chi connectivity index (χ3v) is 3.96. The second-order valence-electron chi connectivity index (χ2n) is 6.05. The van der Waals surface area contributed by atoms with E-state index < -0.39 is 0 Å². The van der Waals surface area contributed by atoms with Crippen LogP contribution in [0.2, 0.25) is 0 Å². The molecule has 0 spiro atoms. The number of carbonyl (C=O) groups is 1. The topological polar surface area (TPSA) is 36.4 Å². The summed E-state index contributed by atoms with van der Waals surface area (Å²) < 4.78 is 0. The number of carbonyl (C=O) groups excluding carboxylic acids is 1. The highest BCUT2D eigenvalue weighted by atomic mass is 16.2. The molecule has 1 atom stereocenters. The molecule has 0 bridgehead atoms. The Morgan fingerprint density at radius 1 is 1.04 bits per heavy atom. The van der Waals surface area contributed by atoms with E-state index in [1.165, 1.54) is 5.56 Å². The van der Waals surface area contributed by atoms with Crippen molar-refractivity contribution in [3.8, 4) is 0 Å². The summed E-state index contributed by atoms with van der Waals surface area (Å²) in [5, 5.41) is 0. The highest BCUT2D eigenvalue weighted by molar-refractivity contribution is 5.76. The number of hydrogen-bond donors (Lipinski definition) is 0. The van der Waals surface area contributed by atoms with Gasteiger partial charge in [0.1, 0.15) is 0 Å². The van der Waals surface area contributed by atoms with Crippen LogP contribution >= 0.6 is 0 Å². The van der Waals surface area contributed by atoms with Gasteiger partial charge in [0, 0.05) is 32.4 Å². The summed E-state index contributed by atoms with van der Waals surface area (Å²) in [5.74, 6) is 0.164. The molecule has 1 unspecified atom stereocenters. The van der Waals surface area contributed by atoms with Crippen molar-refractivity contribution < 1.29 is 4.79 Å². The van der Waals surface area contributed by atoms with Gasteiger partial charge < -0.3 is 9.80 Å². The Bertz CT molecular complexity index is 599. The molecule has 0 N–H and O–H groups in total. The lowest BCUT2D eigenvalue weighted by molar-refractivity contribution is -0.132. The smallest absolute Gasteiger partial charge is 0.223 e. The summed E-state index contributed by atoms with van der Waals surface area (Å²) in [7, 11) is 5.96. The fourth-order valence-electron chi connectivity index (χ4n) is 2.62. The van der Waals surface area contributed by atoms with E-state index in [2.05, 4.69) is 22.0 Å². The first kappa shape index (κ1) is 17.2. The maximum absolute atomic E-state index is 12.6. The summed E-state index contributed by atoms with van der Waals surface area (Å²) in [6.45, 7) is 0.807. The highest BCUT2D eigenvalue weighted by Crippen LogP contribution is 2.21. The lowest BCUT2D eigenvalue weighted by Gasteiger charge is -2.31. The van der Waals surface area contributed by atoms with Crippen molar-refractivity contribution in [3.63, 3.8) is 0 Å². The van der Waals surface area contributed by atoms with Crippen LogP contribution in [0.25, 0.3) is 0 Å². The number of amides is 1. The summed E-state index contributed by atoms with van der Waals surface area (Å²) in [6.07, 6.45) is 4.79. The van der Waals surface area contributed by atoms with E-state index in [0.717, 1.165) is 18.5 Å². The molecule has 4 heteroatoms. The first-order valence-electron chi connectivity index (χ1n) is 7.92. The van der Waals surface area contributed by atoms with Crippen molar-refractivity contribution in [2.24, 2.45) is 0 Å². The molecule has 1 aromatic heterocycles. The van der Waals surface area contributed by atoms with Crippen LogP contribution in [0.4, 0.5) is 0 Å². The van der Waals surface area contributed by atoms with Crippen LogP contribution in [0.1, 0.15) is 23.6 Å². The quantitative estimate of drug-likeness (QED) is 0.789. The minimum absolute atomic E-state index is 0.0659. The van der Waals surface area contributed by atoms with E-state index in [-0.39, 0.29) is 11.9 Å². The Labute approximate surface area is 138 Å². The van der Waals surface area contributed by atoms with E-state index in [0.29, 0.717) is 6.42 Å². The van der Waals surface area contributed by atoms with Gasteiger partial charge >= 0.3 is 0 Å². The van der Waals surface area contributed by atoms with Crippen molar-refractivity contribution in [2.45, 2.75) is 18.9 Å². The van der Waals surface area contributed by atoms with Crippen molar-refractivity contribution in [1.29, 1.82) is 0 Å². The molecule has 1 heterocycles. The third kappa shape index (κ3) is 5.18. The molecule has 0 fully saturated rings. The van der Waals surface area contributed by atoms with Gasteiger partial charge in [0.15, 0.2) is 0 Å². The van der Waals surface area contributed by atoms with Crippen LogP contribution in [0.5, 0.6) is 0 Å². The molecule has 0 saturated carbocycles. The molecule has 122 valence electrons. The molecule has 2 aromatic rings. The molecule has 1 amide bonds. The van der Waals surface area contributed by atoms with Gasteiger partial charge in [-0.05, 0) is 43.8 Å². The maximum atomic E-state index is 12.6. The number of aromatic nitrogens is 1. The number of nitrogens with zero attached hydrogens (tertiary/aromatic N) is 3. The molecule has 4 nitrogen and oxygen atoms in total. The van der Waals surface area contributed by atoms with E-state index in [4.69, 9.17) is 0 Å². The van der Waals surface area contributed by atoms with Gasteiger partial charge in [-0.3, -0.25) is 9.78 Å². The molecule has 23 heavy (non-hydrogen) atoms. The monoisotopic (exact) mass is 311 g/mol. The lowest BCUT2D eigenvalue weighted by atomic mass is 10.0. The average molecular weight is 311 g/mol. The molecule has 0 saturated heterocycles. The minimum Gasteiger partial charge on any atom is -0.337 e. The van der Waals surface area contributed by atoms with Crippen LogP contribution in [0, 0.1) is 0 Å². The summed E-state index contributed by atoms with van der Waals surface area (Å²) in [4.78, 5) is 20.6. The van der Waals surface area contributed by atoms with Gasteiger partial charge in [0.05, 0.1) is 6.04 Å². The van der Waals surface area contributed by atoms with Crippen LogP contribution in [0.3, 0.4) is 0 Å². The van der Waals surface area contributed by atoms with Gasteiger partial charge in [-0.15, -0.1) is 0 Å². The molecule has 0 aliphatic rings. The molecular weight excluding hydrogens is 286 g/mol. The number of aryl methyl sites for hydroxylation is 1. The van der Waals surface area contributed by atoms with Gasteiger partial charge in [-0.25, -0.2) is 0 Å². The molecule has 2 rings (SSSR count). The number of pyridine rings is 1. The van der Waals surface area contributed by atoms with Crippen molar-refractivity contribution in [2.75, 3.05) is 27.7 Å². The van der Waals surface area contributed by atoms with Crippen molar-refractivity contribution >= 4 is 5.91 Å². The number of hydrogen-bond acceptors (Lipinski definition) is 3. The van der Waals surface area contributed by atoms with Crippen LogP contribution in [0.15, 0.2) is 54.9 Å². The Morgan fingerprint density at radius 2 is 1.70 bits per heavy atom. The number of rotatable bonds is 7. The lowest BCUT2D eigenvalue weighted by Crippen LogP contribution is -2.37. The van der Waals surface area contributed by atoms with E-state index in [1.807, 2.05) is 56.4 Å². The Morgan fingerprint density at radius 3 is 2.30 bits per heavy atom. The molecular formula is C19H25N3O. The molecule has 0 aliphatic carbocycles. The zero-order valence-corrected chi connectivity index (χ0v) is 14.1. The largest absolute Gasteiger partial charge is 0.337 e. The van der Waals surface area contributed by atoms with Gasteiger partial charge in [-0.1, -0.05) is 30.3 Å². The van der Waals surface area contributed by atoms with E-state index >= 15 is 0 Å². The van der Waals surface area contributed by atoms with Crippen molar-refractivity contribution in [3.05, 3.63) is 66.0 Å². The summed E-state index contributed by atoms with van der Waals surface area (Å²) in [5.41, 5.74) is 2.31. The minimum atomic E-state index is 0.0659. The normalized spacial score (nSPS) is 12.2. The first-order valence-corrected chi connectivity index (χ1v) is 7.92. The second-order valence-corrected chi connectivity index (χ2v) is 6.05. The van der Waals surface area contributed by atoms with Crippen LogP contribution in [-0.4, -0.2) is 48.4 Å². The fourth-order valence-corrected chi connectivity index (χ4v) is 2.62. The van der Waals surface area contributed by atoms with Crippen LogP contribution in [-0.2, 0) is 11.2 Å².